The Hall–Kier alpha value is -2.91. The van der Waals surface area contributed by atoms with Crippen LogP contribution in [0.5, 0.6) is 0 Å². The number of hydrogen-bond acceptors (Lipinski definition) is 6. The zero-order chi connectivity index (χ0) is 21.6. The second-order valence-corrected chi connectivity index (χ2v) is 7.95. The molecule has 9 heteroatoms. The molecule has 0 atom stereocenters. The van der Waals surface area contributed by atoms with Crippen molar-refractivity contribution in [3.8, 4) is 0 Å². The van der Waals surface area contributed by atoms with Crippen LogP contribution in [0, 0.1) is 6.92 Å². The lowest BCUT2D eigenvalue weighted by Crippen LogP contribution is -2.26. The average molecular weight is 420 g/mol. The summed E-state index contributed by atoms with van der Waals surface area (Å²) in [5, 5.41) is 7.81. The van der Waals surface area contributed by atoms with Gasteiger partial charge in [-0.05, 0) is 51.1 Å². The average Bonchev–Trinajstić information content (AvgIpc) is 2.67. The van der Waals surface area contributed by atoms with Gasteiger partial charge in [0.2, 0.25) is 10.0 Å². The van der Waals surface area contributed by atoms with Gasteiger partial charge in [-0.2, -0.15) is 0 Å². The largest absolute Gasteiger partial charge is 0.452 e. The molecule has 2 aromatic carbocycles. The number of nitrogens with zero attached hydrogens (tertiary/aromatic N) is 1. The molecule has 3 N–H and O–H groups in total. The minimum atomic E-state index is -3.94. The highest BCUT2D eigenvalue weighted by Gasteiger charge is 2.17. The number of nitrogens with two attached hydrogens (primary N) is 1. The van der Waals surface area contributed by atoms with Crippen LogP contribution in [-0.4, -0.2) is 40.0 Å². The van der Waals surface area contributed by atoms with Crippen molar-refractivity contribution in [1.82, 2.24) is 0 Å². The number of rotatable bonds is 8. The highest BCUT2D eigenvalue weighted by Crippen LogP contribution is 2.28. The molecule has 1 amide bonds. The maximum absolute atomic E-state index is 12.3. The minimum absolute atomic E-state index is 0.125. The van der Waals surface area contributed by atoms with Crippen molar-refractivity contribution in [3.05, 3.63) is 53.6 Å². The molecule has 0 spiro atoms. The Bertz CT molecular complexity index is 1000. The lowest BCUT2D eigenvalue weighted by atomic mass is 10.1. The maximum Gasteiger partial charge on any atom is 0.338 e. The van der Waals surface area contributed by atoms with Crippen LogP contribution in [0.15, 0.2) is 47.4 Å². The number of aryl methyl sites for hydroxylation is 1. The molecule has 0 saturated carbocycles. The maximum atomic E-state index is 12.3. The number of nitrogens with one attached hydrogen (secondary N) is 1. The molecule has 29 heavy (non-hydrogen) atoms. The number of carbonyl (C=O) groups excluding carboxylic acids is 2. The molecular formula is C20H25N3O5S. The second kappa shape index (κ2) is 9.53. The Morgan fingerprint density at radius 3 is 2.38 bits per heavy atom. The van der Waals surface area contributed by atoms with Crippen LogP contribution in [0.1, 0.15) is 29.8 Å². The van der Waals surface area contributed by atoms with Gasteiger partial charge in [-0.3, -0.25) is 4.79 Å². The van der Waals surface area contributed by atoms with Gasteiger partial charge in [-0.15, -0.1) is 0 Å². The third-order valence-electron chi connectivity index (χ3n) is 4.26. The van der Waals surface area contributed by atoms with E-state index in [0.717, 1.165) is 5.56 Å². The molecule has 0 aromatic heterocycles. The zero-order valence-electron chi connectivity index (χ0n) is 16.6. The molecule has 0 radical (unpaired) electrons. The number of benzene rings is 2. The topological polar surface area (TPSA) is 119 Å². The molecule has 0 bridgehead atoms. The van der Waals surface area contributed by atoms with E-state index in [9.17, 15) is 18.0 Å². The van der Waals surface area contributed by atoms with E-state index >= 15 is 0 Å². The number of carbonyl (C=O) groups is 2. The Morgan fingerprint density at radius 1 is 1.10 bits per heavy atom. The van der Waals surface area contributed by atoms with Crippen molar-refractivity contribution < 1.29 is 22.7 Å². The lowest BCUT2D eigenvalue weighted by molar-refractivity contribution is -0.119. The first-order valence-corrected chi connectivity index (χ1v) is 10.7. The summed E-state index contributed by atoms with van der Waals surface area (Å²) in [7, 11) is -3.94. The van der Waals surface area contributed by atoms with Crippen molar-refractivity contribution in [2.24, 2.45) is 5.14 Å². The number of primary sulfonamides is 1. The molecule has 2 rings (SSSR count). The molecule has 0 unspecified atom stereocenters. The minimum Gasteiger partial charge on any atom is -0.452 e. The van der Waals surface area contributed by atoms with Gasteiger partial charge < -0.3 is 15.0 Å². The van der Waals surface area contributed by atoms with Gasteiger partial charge in [0.05, 0.1) is 21.8 Å². The summed E-state index contributed by atoms with van der Waals surface area (Å²) in [5.74, 6) is -1.21. The number of amides is 1. The van der Waals surface area contributed by atoms with Gasteiger partial charge in [0.1, 0.15) is 0 Å². The molecular weight excluding hydrogens is 394 g/mol. The van der Waals surface area contributed by atoms with Gasteiger partial charge in [0.15, 0.2) is 6.61 Å². The fourth-order valence-corrected chi connectivity index (χ4v) is 3.34. The predicted molar refractivity (Wildman–Crippen MR) is 111 cm³/mol. The quantitative estimate of drug-likeness (QED) is 0.634. The summed E-state index contributed by atoms with van der Waals surface area (Å²) in [6.07, 6.45) is 0. The predicted octanol–water partition coefficient (Wildman–Crippen LogP) is 2.28. The third kappa shape index (κ3) is 6.03. The summed E-state index contributed by atoms with van der Waals surface area (Å²) in [6.45, 7) is 6.51. The van der Waals surface area contributed by atoms with Crippen LogP contribution in [0.25, 0.3) is 0 Å². The number of ether oxygens (including phenoxy) is 1. The molecule has 2 aromatic rings. The van der Waals surface area contributed by atoms with E-state index in [1.54, 1.807) is 24.3 Å². The van der Waals surface area contributed by atoms with Gasteiger partial charge in [-0.25, -0.2) is 18.4 Å². The number of hydrogen-bond donors (Lipinski definition) is 2. The molecule has 0 saturated heterocycles. The summed E-state index contributed by atoms with van der Waals surface area (Å²) in [5.41, 5.74) is 2.16. The van der Waals surface area contributed by atoms with E-state index in [1.165, 1.54) is 12.1 Å². The Kier molecular flexibility index (Phi) is 7.35. The van der Waals surface area contributed by atoms with Crippen LogP contribution in [0.3, 0.4) is 0 Å². The monoisotopic (exact) mass is 419 g/mol. The molecule has 0 aliphatic carbocycles. The summed E-state index contributed by atoms with van der Waals surface area (Å²) >= 11 is 0. The standard InChI is InChI=1S/C20H25N3O5S/c1-4-23(5-2)18-10-9-16(29(21,26)27)12-17(18)22-19(24)13-28-20(25)15-8-6-7-14(3)11-15/h6-12H,4-5,13H2,1-3H3,(H,22,24)(H2,21,26,27). The molecule has 0 aliphatic heterocycles. The van der Waals surface area contributed by atoms with E-state index < -0.39 is 28.5 Å². The molecule has 0 fully saturated rings. The molecule has 0 aliphatic rings. The van der Waals surface area contributed by atoms with Crippen LogP contribution < -0.4 is 15.4 Å². The SMILES string of the molecule is CCN(CC)c1ccc(S(N)(=O)=O)cc1NC(=O)COC(=O)c1cccc(C)c1. The second-order valence-electron chi connectivity index (χ2n) is 6.39. The smallest absolute Gasteiger partial charge is 0.338 e. The van der Waals surface area contributed by atoms with Gasteiger partial charge in [0.25, 0.3) is 5.91 Å². The summed E-state index contributed by atoms with van der Waals surface area (Å²) in [6, 6.07) is 11.1. The van der Waals surface area contributed by atoms with Crippen LogP contribution in [-0.2, 0) is 19.6 Å². The highest BCUT2D eigenvalue weighted by molar-refractivity contribution is 7.89. The number of sulfonamides is 1. The summed E-state index contributed by atoms with van der Waals surface area (Å²) in [4.78, 5) is 26.3. The molecule has 156 valence electrons. The van der Waals surface area contributed by atoms with Crippen LogP contribution in [0.4, 0.5) is 11.4 Å². The summed E-state index contributed by atoms with van der Waals surface area (Å²) < 4.78 is 28.4. The van der Waals surface area contributed by atoms with E-state index in [0.29, 0.717) is 24.3 Å². The van der Waals surface area contributed by atoms with Gasteiger partial charge in [0, 0.05) is 13.1 Å². The third-order valence-corrected chi connectivity index (χ3v) is 5.17. The van der Waals surface area contributed by atoms with Crippen molar-refractivity contribution in [2.45, 2.75) is 25.7 Å². The Labute approximate surface area is 170 Å². The number of anilines is 2. The van der Waals surface area contributed by atoms with E-state index in [1.807, 2.05) is 31.7 Å². The lowest BCUT2D eigenvalue weighted by Gasteiger charge is -2.24. The van der Waals surface area contributed by atoms with E-state index in [4.69, 9.17) is 9.88 Å². The van der Waals surface area contributed by atoms with Crippen LogP contribution in [0.2, 0.25) is 0 Å². The molecule has 8 nitrogen and oxygen atoms in total. The van der Waals surface area contributed by atoms with Gasteiger partial charge >= 0.3 is 5.97 Å². The van der Waals surface area contributed by atoms with E-state index in [-0.39, 0.29) is 10.6 Å². The fourth-order valence-electron chi connectivity index (χ4n) is 2.81. The molecule has 0 heterocycles. The Morgan fingerprint density at radius 2 is 1.79 bits per heavy atom. The fraction of sp³-hybridized carbons (Fsp3) is 0.300. The Balaban J connectivity index is 2.17. The first-order valence-electron chi connectivity index (χ1n) is 9.11. The zero-order valence-corrected chi connectivity index (χ0v) is 17.5. The normalized spacial score (nSPS) is 11.0. The van der Waals surface area contributed by atoms with Crippen molar-refractivity contribution in [1.29, 1.82) is 0 Å². The van der Waals surface area contributed by atoms with Crippen molar-refractivity contribution in [3.63, 3.8) is 0 Å². The number of esters is 1. The highest BCUT2D eigenvalue weighted by atomic mass is 32.2. The van der Waals surface area contributed by atoms with Crippen LogP contribution >= 0.6 is 0 Å². The van der Waals surface area contributed by atoms with Crippen molar-refractivity contribution in [2.75, 3.05) is 29.9 Å². The van der Waals surface area contributed by atoms with Crippen molar-refractivity contribution >= 4 is 33.3 Å². The first-order chi connectivity index (χ1) is 13.7. The van der Waals surface area contributed by atoms with Gasteiger partial charge in [-0.1, -0.05) is 17.7 Å². The first kappa shape index (κ1) is 22.4. The van der Waals surface area contributed by atoms with E-state index in [2.05, 4.69) is 5.32 Å².